The first-order chi connectivity index (χ1) is 13.5. The maximum Gasteiger partial charge on any atom is 0.335 e. The molecule has 4 nitrogen and oxygen atoms in total. The van der Waals surface area contributed by atoms with E-state index in [1.54, 1.807) is 25.3 Å². The van der Waals surface area contributed by atoms with Gasteiger partial charge in [-0.1, -0.05) is 45.9 Å². The Morgan fingerprint density at radius 3 is 2.10 bits per heavy atom. The number of carbonyl (C=O) groups is 2. The van der Waals surface area contributed by atoms with E-state index in [4.69, 9.17) is 5.11 Å². The number of aromatic carboxylic acids is 1. The molecule has 1 aliphatic rings. The van der Waals surface area contributed by atoms with Crippen LogP contribution in [-0.2, 0) is 15.6 Å². The van der Waals surface area contributed by atoms with E-state index in [0.29, 0.717) is 5.69 Å². The first-order valence-corrected chi connectivity index (χ1v) is 9.95. The Morgan fingerprint density at radius 2 is 1.52 bits per heavy atom. The van der Waals surface area contributed by atoms with Crippen molar-refractivity contribution in [2.75, 3.05) is 11.9 Å². The fourth-order valence-corrected chi connectivity index (χ4v) is 3.94. The SMILES string of the molecule is CN(C(=O)C=Cc1ccc2c(c1)C(C)(C)CCC2(C)C)c1ccc(C(=O)O)cc1. The lowest BCUT2D eigenvalue weighted by Gasteiger charge is -2.42. The van der Waals surface area contributed by atoms with Crippen molar-refractivity contribution in [3.63, 3.8) is 0 Å². The van der Waals surface area contributed by atoms with Gasteiger partial charge in [-0.05, 0) is 70.7 Å². The molecule has 0 aromatic heterocycles. The Bertz CT molecular complexity index is 968. The normalized spacial score (nSPS) is 17.0. The molecule has 0 saturated carbocycles. The summed E-state index contributed by atoms with van der Waals surface area (Å²) in [5, 5.41) is 9.00. The number of carboxylic acid groups (broad SMARTS) is 1. The van der Waals surface area contributed by atoms with Gasteiger partial charge in [0.2, 0.25) is 0 Å². The number of carbonyl (C=O) groups excluding carboxylic acids is 1. The molecule has 0 bridgehead atoms. The summed E-state index contributed by atoms with van der Waals surface area (Å²) < 4.78 is 0. The lowest BCUT2D eigenvalue weighted by atomic mass is 9.63. The van der Waals surface area contributed by atoms with Crippen LogP contribution in [-0.4, -0.2) is 24.0 Å². The first kappa shape index (κ1) is 20.8. The highest BCUT2D eigenvalue weighted by Crippen LogP contribution is 2.45. The number of fused-ring (bicyclic) bond motifs is 1. The van der Waals surface area contributed by atoms with Gasteiger partial charge in [-0.25, -0.2) is 4.79 Å². The predicted molar refractivity (Wildman–Crippen MR) is 118 cm³/mol. The summed E-state index contributed by atoms with van der Waals surface area (Å²) in [6, 6.07) is 12.8. The van der Waals surface area contributed by atoms with E-state index in [1.165, 1.54) is 34.6 Å². The van der Waals surface area contributed by atoms with Gasteiger partial charge in [0.15, 0.2) is 0 Å². The molecule has 1 amide bonds. The van der Waals surface area contributed by atoms with Gasteiger partial charge < -0.3 is 10.0 Å². The van der Waals surface area contributed by atoms with Gasteiger partial charge in [-0.3, -0.25) is 4.79 Å². The second-order valence-corrected chi connectivity index (χ2v) is 9.16. The van der Waals surface area contributed by atoms with Crippen LogP contribution >= 0.6 is 0 Å². The topological polar surface area (TPSA) is 57.6 Å². The van der Waals surface area contributed by atoms with E-state index in [-0.39, 0.29) is 22.3 Å². The molecular formula is C25H29NO3. The molecule has 0 spiro atoms. The van der Waals surface area contributed by atoms with Crippen molar-refractivity contribution in [3.8, 4) is 0 Å². The van der Waals surface area contributed by atoms with Crippen molar-refractivity contribution >= 4 is 23.6 Å². The van der Waals surface area contributed by atoms with Gasteiger partial charge in [-0.2, -0.15) is 0 Å². The number of amides is 1. The third-order valence-electron chi connectivity index (χ3n) is 6.13. The van der Waals surface area contributed by atoms with Crippen molar-refractivity contribution in [2.45, 2.75) is 51.4 Å². The van der Waals surface area contributed by atoms with E-state index in [1.807, 2.05) is 6.08 Å². The largest absolute Gasteiger partial charge is 0.478 e. The Balaban J connectivity index is 1.81. The molecule has 152 valence electrons. The van der Waals surface area contributed by atoms with Gasteiger partial charge in [-0.15, -0.1) is 0 Å². The molecule has 3 rings (SSSR count). The number of hydrogen-bond acceptors (Lipinski definition) is 2. The minimum absolute atomic E-state index is 0.126. The standard InChI is InChI=1S/C25H29NO3/c1-24(2)14-15-25(3,4)21-16-17(6-12-20(21)24)7-13-22(27)26(5)19-10-8-18(9-11-19)23(28)29/h6-13,16H,14-15H2,1-5H3,(H,28,29). The summed E-state index contributed by atoms with van der Waals surface area (Å²) >= 11 is 0. The second-order valence-electron chi connectivity index (χ2n) is 9.16. The molecule has 0 fully saturated rings. The maximum absolute atomic E-state index is 12.6. The summed E-state index contributed by atoms with van der Waals surface area (Å²) in [7, 11) is 1.68. The molecule has 0 aliphatic heterocycles. The Morgan fingerprint density at radius 1 is 0.931 bits per heavy atom. The summed E-state index contributed by atoms with van der Waals surface area (Å²) in [4.78, 5) is 25.1. The van der Waals surface area contributed by atoms with Crippen molar-refractivity contribution in [1.82, 2.24) is 0 Å². The van der Waals surface area contributed by atoms with E-state index >= 15 is 0 Å². The monoisotopic (exact) mass is 391 g/mol. The van der Waals surface area contributed by atoms with E-state index in [0.717, 1.165) is 12.0 Å². The van der Waals surface area contributed by atoms with Crippen LogP contribution in [0.5, 0.6) is 0 Å². The molecule has 1 aliphatic carbocycles. The van der Waals surface area contributed by atoms with E-state index in [2.05, 4.69) is 45.9 Å². The predicted octanol–water partition coefficient (Wildman–Crippen LogP) is 5.41. The van der Waals surface area contributed by atoms with Gasteiger partial charge >= 0.3 is 5.97 Å². The average Bonchev–Trinajstić information content (AvgIpc) is 2.69. The number of rotatable bonds is 4. The van der Waals surface area contributed by atoms with Crippen LogP contribution in [0.3, 0.4) is 0 Å². The summed E-state index contributed by atoms with van der Waals surface area (Å²) in [5.41, 5.74) is 4.92. The molecular weight excluding hydrogens is 362 g/mol. The molecule has 0 saturated heterocycles. The minimum atomic E-state index is -0.982. The van der Waals surface area contributed by atoms with Crippen LogP contribution in [0.1, 0.15) is 67.6 Å². The van der Waals surface area contributed by atoms with Crippen LogP contribution in [0.4, 0.5) is 5.69 Å². The fourth-order valence-electron chi connectivity index (χ4n) is 3.94. The lowest BCUT2D eigenvalue weighted by Crippen LogP contribution is -2.33. The first-order valence-electron chi connectivity index (χ1n) is 9.95. The Labute approximate surface area is 172 Å². The fraction of sp³-hybridized carbons (Fsp3) is 0.360. The van der Waals surface area contributed by atoms with Crippen LogP contribution in [0.25, 0.3) is 6.08 Å². The summed E-state index contributed by atoms with van der Waals surface area (Å²) in [5.74, 6) is -1.14. The molecule has 2 aromatic rings. The van der Waals surface area contributed by atoms with Crippen molar-refractivity contribution in [1.29, 1.82) is 0 Å². The average molecular weight is 392 g/mol. The van der Waals surface area contributed by atoms with Crippen molar-refractivity contribution in [3.05, 3.63) is 70.8 Å². The van der Waals surface area contributed by atoms with Crippen molar-refractivity contribution < 1.29 is 14.7 Å². The van der Waals surface area contributed by atoms with E-state index in [9.17, 15) is 9.59 Å². The van der Waals surface area contributed by atoms with Crippen LogP contribution < -0.4 is 4.90 Å². The smallest absolute Gasteiger partial charge is 0.335 e. The molecule has 2 aromatic carbocycles. The minimum Gasteiger partial charge on any atom is -0.478 e. The molecule has 4 heteroatoms. The Hall–Kier alpha value is -2.88. The maximum atomic E-state index is 12.6. The van der Waals surface area contributed by atoms with Gasteiger partial charge in [0, 0.05) is 18.8 Å². The lowest BCUT2D eigenvalue weighted by molar-refractivity contribution is -0.113. The van der Waals surface area contributed by atoms with Gasteiger partial charge in [0.1, 0.15) is 0 Å². The van der Waals surface area contributed by atoms with E-state index < -0.39 is 5.97 Å². The second kappa shape index (κ2) is 7.51. The number of benzene rings is 2. The van der Waals surface area contributed by atoms with Crippen molar-refractivity contribution in [2.24, 2.45) is 0 Å². The molecule has 1 N–H and O–H groups in total. The number of anilines is 1. The third kappa shape index (κ3) is 4.26. The molecule has 29 heavy (non-hydrogen) atoms. The van der Waals surface area contributed by atoms with Crippen LogP contribution in [0.15, 0.2) is 48.5 Å². The Kier molecular flexibility index (Phi) is 5.40. The summed E-state index contributed by atoms with van der Waals surface area (Å²) in [6.45, 7) is 9.16. The number of likely N-dealkylation sites (N-methyl/N-ethyl adjacent to an activating group) is 1. The number of nitrogens with zero attached hydrogens (tertiary/aromatic N) is 1. The third-order valence-corrected chi connectivity index (χ3v) is 6.13. The van der Waals surface area contributed by atoms with Crippen LogP contribution in [0, 0.1) is 0 Å². The van der Waals surface area contributed by atoms with Gasteiger partial charge in [0.05, 0.1) is 5.56 Å². The summed E-state index contributed by atoms with van der Waals surface area (Å²) in [6.07, 6.45) is 5.73. The highest BCUT2D eigenvalue weighted by atomic mass is 16.4. The zero-order chi connectivity index (χ0) is 21.4. The zero-order valence-corrected chi connectivity index (χ0v) is 17.8. The number of carboxylic acids is 1. The quantitative estimate of drug-likeness (QED) is 0.709. The van der Waals surface area contributed by atoms with Gasteiger partial charge in [0.25, 0.3) is 5.91 Å². The molecule has 0 atom stereocenters. The molecule has 0 heterocycles. The highest BCUT2D eigenvalue weighted by molar-refractivity contribution is 6.03. The molecule has 0 radical (unpaired) electrons. The highest BCUT2D eigenvalue weighted by Gasteiger charge is 2.36. The van der Waals surface area contributed by atoms with Crippen LogP contribution in [0.2, 0.25) is 0 Å². The number of hydrogen-bond donors (Lipinski definition) is 1. The zero-order valence-electron chi connectivity index (χ0n) is 17.8. The molecule has 0 unspecified atom stereocenters.